The highest BCUT2D eigenvalue weighted by Gasteiger charge is 2.31. The predicted octanol–water partition coefficient (Wildman–Crippen LogP) is 2.73. The van der Waals surface area contributed by atoms with Crippen molar-refractivity contribution in [2.75, 3.05) is 19.6 Å². The van der Waals surface area contributed by atoms with Gasteiger partial charge in [0.15, 0.2) is 0 Å². The molecular formula is C19H33N3O. The average molecular weight is 319 g/mol. The number of hydrogen-bond acceptors (Lipinski definition) is 3. The molecule has 1 aromatic rings. The van der Waals surface area contributed by atoms with E-state index in [-0.39, 0.29) is 5.91 Å². The Hall–Kier alpha value is -1.39. The van der Waals surface area contributed by atoms with Gasteiger partial charge >= 0.3 is 0 Å². The highest BCUT2D eigenvalue weighted by atomic mass is 16.2. The summed E-state index contributed by atoms with van der Waals surface area (Å²) in [6, 6.07) is 9.89. The van der Waals surface area contributed by atoms with Crippen LogP contribution in [0.5, 0.6) is 0 Å². The Morgan fingerprint density at radius 3 is 2.26 bits per heavy atom. The molecule has 23 heavy (non-hydrogen) atoms. The first-order valence-electron chi connectivity index (χ1n) is 8.69. The zero-order valence-electron chi connectivity index (χ0n) is 15.3. The third-order valence-corrected chi connectivity index (χ3v) is 4.42. The minimum Gasteiger partial charge on any atom is -0.353 e. The van der Waals surface area contributed by atoms with Crippen LogP contribution in [-0.2, 0) is 10.3 Å². The summed E-state index contributed by atoms with van der Waals surface area (Å²) in [5.74, 6) is 0.473. The number of nitrogens with one attached hydrogen (secondary N) is 1. The molecule has 3 N–H and O–H groups in total. The Bertz CT molecular complexity index is 467. The maximum Gasteiger partial charge on any atom is 0.244 e. The zero-order chi connectivity index (χ0) is 17.5. The van der Waals surface area contributed by atoms with Crippen molar-refractivity contribution in [1.82, 2.24) is 10.2 Å². The molecule has 1 aromatic carbocycles. The molecule has 2 unspecified atom stereocenters. The Labute approximate surface area is 141 Å². The van der Waals surface area contributed by atoms with Gasteiger partial charge in [-0.05, 0) is 37.9 Å². The van der Waals surface area contributed by atoms with Crippen LogP contribution in [0.25, 0.3) is 0 Å². The molecule has 4 nitrogen and oxygen atoms in total. The second-order valence-electron chi connectivity index (χ2n) is 6.78. The maximum absolute atomic E-state index is 12.6. The van der Waals surface area contributed by atoms with E-state index < -0.39 is 5.54 Å². The lowest BCUT2D eigenvalue weighted by Gasteiger charge is -2.32. The molecule has 1 amide bonds. The molecule has 0 aromatic heterocycles. The van der Waals surface area contributed by atoms with E-state index >= 15 is 0 Å². The lowest BCUT2D eigenvalue weighted by atomic mass is 9.92. The fourth-order valence-corrected chi connectivity index (χ4v) is 2.96. The van der Waals surface area contributed by atoms with Crippen LogP contribution in [0.3, 0.4) is 0 Å². The number of rotatable bonds is 9. The number of carbonyl (C=O) groups excluding carboxylic acids is 1. The number of likely N-dealkylation sites (N-methyl/N-ethyl adjacent to an activating group) is 1. The SMILES string of the molecule is CCN(CC)C(CNC(=O)C(C)(N)c1ccccc1)CC(C)C. The van der Waals surface area contributed by atoms with Gasteiger partial charge in [-0.15, -0.1) is 0 Å². The van der Waals surface area contributed by atoms with Gasteiger partial charge in [0.2, 0.25) is 5.91 Å². The third-order valence-electron chi connectivity index (χ3n) is 4.42. The summed E-state index contributed by atoms with van der Waals surface area (Å²) in [7, 11) is 0. The van der Waals surface area contributed by atoms with Crippen LogP contribution in [0, 0.1) is 5.92 Å². The summed E-state index contributed by atoms with van der Waals surface area (Å²) in [5.41, 5.74) is 6.11. The summed E-state index contributed by atoms with van der Waals surface area (Å²) >= 11 is 0. The first-order chi connectivity index (χ1) is 10.8. The Kier molecular flexibility index (Phi) is 7.73. The minimum absolute atomic E-state index is 0.121. The van der Waals surface area contributed by atoms with Crippen molar-refractivity contribution in [3.63, 3.8) is 0 Å². The molecule has 1 rings (SSSR count). The van der Waals surface area contributed by atoms with Crippen LogP contribution >= 0.6 is 0 Å². The number of benzene rings is 1. The number of hydrogen-bond donors (Lipinski definition) is 2. The van der Waals surface area contributed by atoms with Gasteiger partial charge in [0.1, 0.15) is 5.54 Å². The second kappa shape index (κ2) is 9.04. The van der Waals surface area contributed by atoms with E-state index in [0.717, 1.165) is 25.1 Å². The van der Waals surface area contributed by atoms with Gasteiger partial charge < -0.3 is 11.1 Å². The maximum atomic E-state index is 12.6. The highest BCUT2D eigenvalue weighted by Crippen LogP contribution is 2.18. The quantitative estimate of drug-likeness (QED) is 0.736. The largest absolute Gasteiger partial charge is 0.353 e. The summed E-state index contributed by atoms with van der Waals surface area (Å²) in [4.78, 5) is 15.0. The minimum atomic E-state index is -1.01. The Morgan fingerprint density at radius 1 is 1.22 bits per heavy atom. The van der Waals surface area contributed by atoms with E-state index in [2.05, 4.69) is 37.9 Å². The van der Waals surface area contributed by atoms with Gasteiger partial charge in [0.25, 0.3) is 0 Å². The zero-order valence-corrected chi connectivity index (χ0v) is 15.3. The topological polar surface area (TPSA) is 58.4 Å². The Balaban J connectivity index is 2.74. The molecule has 0 aliphatic carbocycles. The van der Waals surface area contributed by atoms with E-state index in [0.29, 0.717) is 18.5 Å². The molecule has 0 aliphatic heterocycles. The molecule has 0 heterocycles. The van der Waals surface area contributed by atoms with Gasteiger partial charge in [-0.2, -0.15) is 0 Å². The van der Waals surface area contributed by atoms with Gasteiger partial charge in [-0.25, -0.2) is 0 Å². The van der Waals surface area contributed by atoms with Crippen LogP contribution in [0.15, 0.2) is 30.3 Å². The van der Waals surface area contributed by atoms with E-state index in [9.17, 15) is 4.79 Å². The standard InChI is InChI=1S/C19H33N3O/c1-6-22(7-2)17(13-15(3)4)14-21-18(23)19(5,20)16-11-9-8-10-12-16/h8-12,15,17H,6-7,13-14,20H2,1-5H3,(H,21,23). The fraction of sp³-hybridized carbons (Fsp3) is 0.632. The van der Waals surface area contributed by atoms with Crippen molar-refractivity contribution < 1.29 is 4.79 Å². The lowest BCUT2D eigenvalue weighted by Crippen LogP contribution is -2.52. The molecule has 0 radical (unpaired) electrons. The van der Waals surface area contributed by atoms with Crippen LogP contribution in [-0.4, -0.2) is 36.5 Å². The van der Waals surface area contributed by atoms with E-state index in [1.807, 2.05) is 30.3 Å². The summed E-state index contributed by atoms with van der Waals surface area (Å²) < 4.78 is 0. The van der Waals surface area contributed by atoms with Crippen molar-refractivity contribution >= 4 is 5.91 Å². The molecule has 0 spiro atoms. The first kappa shape index (κ1) is 19.7. The second-order valence-corrected chi connectivity index (χ2v) is 6.78. The third kappa shape index (κ3) is 5.63. The predicted molar refractivity (Wildman–Crippen MR) is 97.2 cm³/mol. The highest BCUT2D eigenvalue weighted by molar-refractivity contribution is 5.87. The van der Waals surface area contributed by atoms with Crippen LogP contribution < -0.4 is 11.1 Å². The van der Waals surface area contributed by atoms with Crippen molar-refractivity contribution in [2.24, 2.45) is 11.7 Å². The van der Waals surface area contributed by atoms with Crippen molar-refractivity contribution in [2.45, 2.75) is 52.6 Å². The first-order valence-corrected chi connectivity index (χ1v) is 8.69. The summed E-state index contributed by atoms with van der Waals surface area (Å²) in [6.45, 7) is 13.1. The molecule has 0 fully saturated rings. The van der Waals surface area contributed by atoms with Crippen molar-refractivity contribution in [1.29, 1.82) is 0 Å². The number of nitrogens with zero attached hydrogens (tertiary/aromatic N) is 1. The lowest BCUT2D eigenvalue weighted by molar-refractivity contribution is -0.126. The summed E-state index contributed by atoms with van der Waals surface area (Å²) in [6.07, 6.45) is 1.06. The molecule has 0 aliphatic rings. The van der Waals surface area contributed by atoms with E-state index in [1.54, 1.807) is 6.92 Å². The van der Waals surface area contributed by atoms with Gasteiger partial charge in [-0.1, -0.05) is 58.0 Å². The van der Waals surface area contributed by atoms with Gasteiger partial charge in [-0.3, -0.25) is 9.69 Å². The number of carbonyl (C=O) groups is 1. The van der Waals surface area contributed by atoms with Gasteiger partial charge in [0, 0.05) is 12.6 Å². The fourth-order valence-electron chi connectivity index (χ4n) is 2.96. The van der Waals surface area contributed by atoms with Crippen molar-refractivity contribution in [3.05, 3.63) is 35.9 Å². The number of nitrogens with two attached hydrogens (primary N) is 1. The van der Waals surface area contributed by atoms with Gasteiger partial charge in [0.05, 0.1) is 0 Å². The van der Waals surface area contributed by atoms with Crippen LogP contribution in [0.4, 0.5) is 0 Å². The molecular weight excluding hydrogens is 286 g/mol. The van der Waals surface area contributed by atoms with E-state index in [4.69, 9.17) is 5.73 Å². The monoisotopic (exact) mass is 319 g/mol. The number of amides is 1. The smallest absolute Gasteiger partial charge is 0.244 e. The summed E-state index contributed by atoms with van der Waals surface area (Å²) in [5, 5.41) is 3.07. The molecule has 0 saturated carbocycles. The van der Waals surface area contributed by atoms with Crippen LogP contribution in [0.1, 0.15) is 46.6 Å². The normalized spacial score (nSPS) is 15.5. The van der Waals surface area contributed by atoms with E-state index in [1.165, 1.54) is 0 Å². The molecule has 130 valence electrons. The van der Waals surface area contributed by atoms with Crippen molar-refractivity contribution in [3.8, 4) is 0 Å². The van der Waals surface area contributed by atoms with Crippen LogP contribution in [0.2, 0.25) is 0 Å². The molecule has 0 saturated heterocycles. The molecule has 0 bridgehead atoms. The Morgan fingerprint density at radius 2 is 1.78 bits per heavy atom. The molecule has 2 atom stereocenters. The molecule has 4 heteroatoms. The average Bonchev–Trinajstić information content (AvgIpc) is 2.53.